The second-order valence-corrected chi connectivity index (χ2v) is 5.18. The molecule has 2 N–H and O–H groups in total. The largest absolute Gasteiger partial charge is 0.338 e. The van der Waals surface area contributed by atoms with Gasteiger partial charge >= 0.3 is 6.03 Å². The van der Waals surface area contributed by atoms with E-state index in [1.165, 1.54) is 10.7 Å². The van der Waals surface area contributed by atoms with Crippen molar-refractivity contribution in [2.45, 2.75) is 26.3 Å². The molecule has 0 aliphatic rings. The fraction of sp³-hybridized carbons (Fsp3) is 0.353. The van der Waals surface area contributed by atoms with Crippen molar-refractivity contribution in [3.63, 3.8) is 0 Å². The second-order valence-electron chi connectivity index (χ2n) is 5.18. The topological polar surface area (TPSA) is 76.0 Å². The van der Waals surface area contributed by atoms with Gasteiger partial charge in [-0.25, -0.2) is 9.48 Å². The Hall–Kier alpha value is -2.63. The lowest BCUT2D eigenvalue weighted by Gasteiger charge is -2.09. The van der Waals surface area contributed by atoms with Gasteiger partial charge in [-0.05, 0) is 12.5 Å². The second kappa shape index (κ2) is 8.73. The van der Waals surface area contributed by atoms with Crippen LogP contribution in [0.1, 0.15) is 19.8 Å². The number of rotatable bonds is 7. The quantitative estimate of drug-likeness (QED) is 0.768. The highest BCUT2D eigenvalue weighted by atomic mass is 16.2. The number of nitrogens with zero attached hydrogens (tertiary/aromatic N) is 2. The summed E-state index contributed by atoms with van der Waals surface area (Å²) in [7, 11) is 0. The molecule has 0 aliphatic carbocycles. The molecule has 2 rings (SSSR count). The van der Waals surface area contributed by atoms with Crippen LogP contribution in [0.5, 0.6) is 0 Å². The zero-order valence-electron chi connectivity index (χ0n) is 13.3. The summed E-state index contributed by atoms with van der Waals surface area (Å²) in [5.41, 5.74) is 1.50. The van der Waals surface area contributed by atoms with Gasteiger partial charge in [-0.1, -0.05) is 43.7 Å². The zero-order chi connectivity index (χ0) is 16.5. The summed E-state index contributed by atoms with van der Waals surface area (Å²) in [6.45, 7) is 3.41. The average molecular weight is 314 g/mol. The molecule has 23 heavy (non-hydrogen) atoms. The molecule has 0 saturated heterocycles. The Balaban J connectivity index is 1.93. The van der Waals surface area contributed by atoms with E-state index in [9.17, 15) is 9.59 Å². The first-order valence-electron chi connectivity index (χ1n) is 7.86. The molecular formula is C17H22N4O2. The van der Waals surface area contributed by atoms with Crippen LogP contribution in [0.4, 0.5) is 4.79 Å². The van der Waals surface area contributed by atoms with Crippen LogP contribution in [0.2, 0.25) is 0 Å². The van der Waals surface area contributed by atoms with Gasteiger partial charge in [-0.15, -0.1) is 0 Å². The molecule has 2 aromatic rings. The molecule has 0 unspecified atom stereocenters. The van der Waals surface area contributed by atoms with E-state index in [-0.39, 0.29) is 11.6 Å². The van der Waals surface area contributed by atoms with Crippen molar-refractivity contribution in [1.29, 1.82) is 0 Å². The number of aromatic nitrogens is 2. The Morgan fingerprint density at radius 1 is 1.09 bits per heavy atom. The fourth-order valence-corrected chi connectivity index (χ4v) is 2.09. The molecule has 1 aromatic heterocycles. The van der Waals surface area contributed by atoms with Gasteiger partial charge in [0.1, 0.15) is 0 Å². The zero-order valence-corrected chi connectivity index (χ0v) is 13.3. The number of nitrogens with one attached hydrogen (secondary N) is 2. The van der Waals surface area contributed by atoms with E-state index in [2.05, 4.69) is 22.7 Å². The number of amides is 2. The molecule has 6 heteroatoms. The third-order valence-corrected chi connectivity index (χ3v) is 3.36. The summed E-state index contributed by atoms with van der Waals surface area (Å²) in [5.74, 6) is 0. The molecule has 0 spiro atoms. The summed E-state index contributed by atoms with van der Waals surface area (Å²) < 4.78 is 1.37. The summed E-state index contributed by atoms with van der Waals surface area (Å²) in [6.07, 6.45) is 1.99. The molecule has 1 heterocycles. The predicted molar refractivity (Wildman–Crippen MR) is 90.2 cm³/mol. The Morgan fingerprint density at radius 2 is 1.83 bits per heavy atom. The highest BCUT2D eigenvalue weighted by molar-refractivity contribution is 5.73. The number of carbonyl (C=O) groups is 1. The number of carbonyl (C=O) groups excluding carboxylic acids is 1. The van der Waals surface area contributed by atoms with E-state index in [1.807, 2.05) is 30.3 Å². The SMILES string of the molecule is CCCCNC(=O)NCCn1nc(-c2ccccc2)ccc1=O. The highest BCUT2D eigenvalue weighted by Gasteiger charge is 2.04. The molecule has 122 valence electrons. The predicted octanol–water partition coefficient (Wildman–Crippen LogP) is 2.01. The number of unbranched alkanes of at least 4 members (excludes halogenated alkanes) is 1. The lowest BCUT2D eigenvalue weighted by atomic mass is 10.1. The van der Waals surface area contributed by atoms with Crippen molar-refractivity contribution in [3.8, 4) is 11.3 Å². The van der Waals surface area contributed by atoms with Crippen molar-refractivity contribution in [3.05, 3.63) is 52.8 Å². The Kier molecular flexibility index (Phi) is 6.35. The minimum Gasteiger partial charge on any atom is -0.338 e. The van der Waals surface area contributed by atoms with E-state index in [0.29, 0.717) is 19.6 Å². The maximum absolute atomic E-state index is 11.9. The van der Waals surface area contributed by atoms with Gasteiger partial charge in [0.25, 0.3) is 5.56 Å². The molecule has 0 bridgehead atoms. The van der Waals surface area contributed by atoms with Crippen molar-refractivity contribution >= 4 is 6.03 Å². The molecule has 0 radical (unpaired) electrons. The van der Waals surface area contributed by atoms with E-state index in [4.69, 9.17) is 0 Å². The van der Waals surface area contributed by atoms with E-state index in [1.54, 1.807) is 6.07 Å². The summed E-state index contributed by atoms with van der Waals surface area (Å²) in [5, 5.41) is 9.84. The molecule has 0 saturated carbocycles. The standard InChI is InChI=1S/C17H22N4O2/c1-2-3-11-18-17(23)19-12-13-21-16(22)10-9-15(20-21)14-7-5-4-6-8-14/h4-10H,2-3,11-13H2,1H3,(H2,18,19,23). The first kappa shape index (κ1) is 16.7. The van der Waals surface area contributed by atoms with Gasteiger partial charge in [-0.3, -0.25) is 4.79 Å². The lowest BCUT2D eigenvalue weighted by Crippen LogP contribution is -2.39. The molecule has 6 nitrogen and oxygen atoms in total. The third-order valence-electron chi connectivity index (χ3n) is 3.36. The lowest BCUT2D eigenvalue weighted by molar-refractivity contribution is 0.240. The van der Waals surface area contributed by atoms with Crippen LogP contribution in [0.3, 0.4) is 0 Å². The Morgan fingerprint density at radius 3 is 2.57 bits per heavy atom. The van der Waals surface area contributed by atoms with Crippen molar-refractivity contribution < 1.29 is 4.79 Å². The van der Waals surface area contributed by atoms with Crippen LogP contribution >= 0.6 is 0 Å². The Bertz CT molecular complexity index is 682. The number of benzene rings is 1. The van der Waals surface area contributed by atoms with Crippen LogP contribution in [-0.4, -0.2) is 28.9 Å². The molecule has 2 amide bonds. The molecule has 1 aromatic carbocycles. The van der Waals surface area contributed by atoms with E-state index >= 15 is 0 Å². The van der Waals surface area contributed by atoms with E-state index < -0.39 is 0 Å². The molecular weight excluding hydrogens is 292 g/mol. The maximum Gasteiger partial charge on any atom is 0.314 e. The summed E-state index contributed by atoms with van der Waals surface area (Å²) in [6, 6.07) is 12.7. The third kappa shape index (κ3) is 5.25. The minimum absolute atomic E-state index is 0.183. The maximum atomic E-state index is 11.9. The molecule has 0 fully saturated rings. The molecule has 0 aliphatic heterocycles. The first-order valence-corrected chi connectivity index (χ1v) is 7.86. The smallest absolute Gasteiger partial charge is 0.314 e. The number of hydrogen-bond donors (Lipinski definition) is 2. The summed E-state index contributed by atoms with van der Waals surface area (Å²) in [4.78, 5) is 23.4. The van der Waals surface area contributed by atoms with Gasteiger partial charge in [0.2, 0.25) is 0 Å². The average Bonchev–Trinajstić information content (AvgIpc) is 2.57. The van der Waals surface area contributed by atoms with Crippen LogP contribution in [0.15, 0.2) is 47.3 Å². The number of urea groups is 1. The van der Waals surface area contributed by atoms with Gasteiger partial charge in [0.15, 0.2) is 0 Å². The highest BCUT2D eigenvalue weighted by Crippen LogP contribution is 2.13. The van der Waals surface area contributed by atoms with Crippen molar-refractivity contribution in [2.75, 3.05) is 13.1 Å². The summed E-state index contributed by atoms with van der Waals surface area (Å²) >= 11 is 0. The van der Waals surface area contributed by atoms with Gasteiger partial charge in [0, 0.05) is 24.7 Å². The van der Waals surface area contributed by atoms with Crippen LogP contribution in [0.25, 0.3) is 11.3 Å². The minimum atomic E-state index is -0.217. The van der Waals surface area contributed by atoms with Crippen LogP contribution in [0, 0.1) is 0 Å². The van der Waals surface area contributed by atoms with Crippen LogP contribution < -0.4 is 16.2 Å². The Labute approximate surface area is 135 Å². The van der Waals surface area contributed by atoms with Gasteiger partial charge < -0.3 is 10.6 Å². The number of hydrogen-bond acceptors (Lipinski definition) is 3. The van der Waals surface area contributed by atoms with Gasteiger partial charge in [-0.2, -0.15) is 5.10 Å². The van der Waals surface area contributed by atoms with Gasteiger partial charge in [0.05, 0.1) is 12.2 Å². The van der Waals surface area contributed by atoms with E-state index in [0.717, 1.165) is 24.1 Å². The van der Waals surface area contributed by atoms with Crippen LogP contribution in [-0.2, 0) is 6.54 Å². The first-order chi connectivity index (χ1) is 11.2. The van der Waals surface area contributed by atoms with Crippen molar-refractivity contribution in [2.24, 2.45) is 0 Å². The fourth-order valence-electron chi connectivity index (χ4n) is 2.09. The van der Waals surface area contributed by atoms with Crippen molar-refractivity contribution in [1.82, 2.24) is 20.4 Å². The molecule has 0 atom stereocenters. The monoisotopic (exact) mass is 314 g/mol. The normalized spacial score (nSPS) is 10.3.